The maximum Gasteiger partial charge on any atom is 0.326 e. The zero-order valence-corrected chi connectivity index (χ0v) is 21.3. The Balaban J connectivity index is 3.05. The maximum atomic E-state index is 13.1. The number of carboxylic acid groups (broad SMARTS) is 1. The first-order chi connectivity index (χ1) is 16.0. The second kappa shape index (κ2) is 14.6. The number of imidazole rings is 1. The van der Waals surface area contributed by atoms with Crippen LogP contribution in [0.4, 0.5) is 0 Å². The van der Waals surface area contributed by atoms with E-state index in [4.69, 9.17) is 5.73 Å². The molecule has 4 unspecified atom stereocenters. The number of carbonyl (C=O) groups is 4. The fourth-order valence-corrected chi connectivity index (χ4v) is 3.61. The number of carboxylic acids is 1. The van der Waals surface area contributed by atoms with E-state index in [0.717, 1.165) is 0 Å². The number of nitrogens with two attached hydrogens (primary N) is 1. The van der Waals surface area contributed by atoms with E-state index in [2.05, 4.69) is 25.9 Å². The molecule has 3 amide bonds. The van der Waals surface area contributed by atoms with Gasteiger partial charge in [0, 0.05) is 18.3 Å². The van der Waals surface area contributed by atoms with Crippen LogP contribution in [0.3, 0.4) is 0 Å². The first-order valence-electron chi connectivity index (χ1n) is 11.3. The topological polar surface area (TPSA) is 179 Å². The molecule has 0 bridgehead atoms. The van der Waals surface area contributed by atoms with Crippen molar-refractivity contribution in [2.45, 2.75) is 71.1 Å². The van der Waals surface area contributed by atoms with Crippen molar-refractivity contribution in [3.8, 4) is 0 Å². The van der Waals surface area contributed by atoms with Crippen molar-refractivity contribution < 1.29 is 24.3 Å². The molecule has 0 aliphatic rings. The first kappa shape index (κ1) is 29.4. The van der Waals surface area contributed by atoms with E-state index in [1.54, 1.807) is 0 Å². The van der Waals surface area contributed by atoms with Crippen molar-refractivity contribution in [2.24, 2.45) is 17.6 Å². The highest BCUT2D eigenvalue weighted by Crippen LogP contribution is 2.09. The predicted octanol–water partition coefficient (Wildman–Crippen LogP) is 0.274. The Morgan fingerprint density at radius 3 is 2.12 bits per heavy atom. The summed E-state index contributed by atoms with van der Waals surface area (Å²) in [6.07, 6.45) is 5.46. The van der Waals surface area contributed by atoms with Crippen LogP contribution in [0.15, 0.2) is 12.5 Å². The van der Waals surface area contributed by atoms with Crippen LogP contribution in [0.2, 0.25) is 0 Å². The molecule has 192 valence electrons. The maximum absolute atomic E-state index is 13.1. The van der Waals surface area contributed by atoms with E-state index in [-0.39, 0.29) is 24.7 Å². The van der Waals surface area contributed by atoms with Crippen molar-refractivity contribution in [2.75, 3.05) is 12.0 Å². The Labute approximate surface area is 204 Å². The molecular weight excluding hydrogens is 460 g/mol. The van der Waals surface area contributed by atoms with Crippen LogP contribution >= 0.6 is 11.8 Å². The summed E-state index contributed by atoms with van der Waals surface area (Å²) in [7, 11) is 0. The van der Waals surface area contributed by atoms with Crippen molar-refractivity contribution in [1.82, 2.24) is 25.9 Å². The highest BCUT2D eigenvalue weighted by Gasteiger charge is 2.31. The molecule has 1 aromatic heterocycles. The van der Waals surface area contributed by atoms with Gasteiger partial charge in [-0.2, -0.15) is 11.8 Å². The lowest BCUT2D eigenvalue weighted by molar-refractivity contribution is -0.142. The second-order valence-corrected chi connectivity index (χ2v) is 9.97. The third-order valence-electron chi connectivity index (χ3n) is 5.20. The number of aromatic nitrogens is 2. The Morgan fingerprint density at radius 2 is 1.62 bits per heavy atom. The van der Waals surface area contributed by atoms with Gasteiger partial charge in [0.2, 0.25) is 17.7 Å². The average Bonchev–Trinajstić information content (AvgIpc) is 3.27. The summed E-state index contributed by atoms with van der Waals surface area (Å²) in [6.45, 7) is 7.44. The van der Waals surface area contributed by atoms with Gasteiger partial charge < -0.3 is 31.8 Å². The molecule has 11 nitrogen and oxygen atoms in total. The molecule has 0 aromatic carbocycles. The summed E-state index contributed by atoms with van der Waals surface area (Å²) in [6, 6.07) is -3.84. The van der Waals surface area contributed by atoms with Crippen LogP contribution in [0.25, 0.3) is 0 Å². The number of rotatable bonds is 15. The lowest BCUT2D eigenvalue weighted by Crippen LogP contribution is -2.58. The SMILES string of the molecule is CSCCC(NC(=O)C(Cc1cnc[nH]1)NC(=O)C(CC(C)C)NC(=O)C(N)C(C)C)C(=O)O. The van der Waals surface area contributed by atoms with Gasteiger partial charge in [-0.05, 0) is 36.7 Å². The Morgan fingerprint density at radius 1 is 1.03 bits per heavy atom. The van der Waals surface area contributed by atoms with Gasteiger partial charge in [0.1, 0.15) is 18.1 Å². The molecule has 0 radical (unpaired) electrons. The number of aromatic amines is 1. The molecule has 0 spiro atoms. The van der Waals surface area contributed by atoms with E-state index in [0.29, 0.717) is 17.9 Å². The third-order valence-corrected chi connectivity index (χ3v) is 5.84. The van der Waals surface area contributed by atoms with E-state index in [9.17, 15) is 24.3 Å². The monoisotopic (exact) mass is 498 g/mol. The Bertz CT molecular complexity index is 802. The summed E-state index contributed by atoms with van der Waals surface area (Å²) in [5.41, 5.74) is 6.51. The van der Waals surface area contributed by atoms with Gasteiger partial charge in [0.25, 0.3) is 0 Å². The standard InChI is InChI=1S/C22H38N6O5S/c1-12(2)8-16(28-21(31)18(23)13(3)4)19(29)27-17(9-14-10-24-11-25-14)20(30)26-15(22(32)33)6-7-34-5/h10-13,15-18H,6-9,23H2,1-5H3,(H,24,25)(H,26,30)(H,27,29)(H,28,31)(H,32,33). The lowest BCUT2D eigenvalue weighted by atomic mass is 10.00. The summed E-state index contributed by atoms with van der Waals surface area (Å²) in [5, 5.41) is 17.4. The fourth-order valence-electron chi connectivity index (χ4n) is 3.14. The van der Waals surface area contributed by atoms with Crippen LogP contribution < -0.4 is 21.7 Å². The number of nitrogens with one attached hydrogen (secondary N) is 4. The van der Waals surface area contributed by atoms with E-state index in [1.165, 1.54) is 24.3 Å². The third kappa shape index (κ3) is 10.1. The smallest absolute Gasteiger partial charge is 0.326 e. The van der Waals surface area contributed by atoms with Crippen LogP contribution in [0.5, 0.6) is 0 Å². The van der Waals surface area contributed by atoms with Crippen LogP contribution in [-0.2, 0) is 25.6 Å². The van der Waals surface area contributed by atoms with Gasteiger partial charge in [-0.1, -0.05) is 27.7 Å². The minimum Gasteiger partial charge on any atom is -0.480 e. The largest absolute Gasteiger partial charge is 0.480 e. The van der Waals surface area contributed by atoms with Crippen LogP contribution in [0, 0.1) is 11.8 Å². The highest BCUT2D eigenvalue weighted by atomic mass is 32.2. The van der Waals surface area contributed by atoms with Crippen LogP contribution in [0.1, 0.15) is 46.2 Å². The molecule has 0 saturated heterocycles. The van der Waals surface area contributed by atoms with Crippen molar-refractivity contribution >= 4 is 35.5 Å². The summed E-state index contributed by atoms with van der Waals surface area (Å²) in [5.74, 6) is -2.27. The van der Waals surface area contributed by atoms with Gasteiger partial charge in [0.05, 0.1) is 12.4 Å². The summed E-state index contributed by atoms with van der Waals surface area (Å²) in [4.78, 5) is 57.1. The normalized spacial score (nSPS) is 14.8. The average molecular weight is 499 g/mol. The van der Waals surface area contributed by atoms with Gasteiger partial charge >= 0.3 is 5.97 Å². The Hall–Kier alpha value is -2.60. The quantitative estimate of drug-likeness (QED) is 0.199. The van der Waals surface area contributed by atoms with Crippen molar-refractivity contribution in [1.29, 1.82) is 0 Å². The number of nitrogens with zero attached hydrogens (tertiary/aromatic N) is 1. The number of hydrogen-bond donors (Lipinski definition) is 6. The molecule has 0 saturated carbocycles. The number of amides is 3. The zero-order valence-electron chi connectivity index (χ0n) is 20.5. The minimum atomic E-state index is -1.15. The zero-order chi connectivity index (χ0) is 25.8. The summed E-state index contributed by atoms with van der Waals surface area (Å²) >= 11 is 1.47. The molecule has 34 heavy (non-hydrogen) atoms. The first-order valence-corrected chi connectivity index (χ1v) is 12.7. The molecule has 0 aliphatic heterocycles. The molecule has 1 heterocycles. The molecule has 0 fully saturated rings. The number of aliphatic carboxylic acids is 1. The number of H-pyrrole nitrogens is 1. The van der Waals surface area contributed by atoms with Gasteiger partial charge in [-0.15, -0.1) is 0 Å². The van der Waals surface area contributed by atoms with Gasteiger partial charge in [-0.25, -0.2) is 9.78 Å². The molecule has 0 aliphatic carbocycles. The number of thioether (sulfide) groups is 1. The Kier molecular flexibility index (Phi) is 12.7. The number of carbonyl (C=O) groups excluding carboxylic acids is 3. The number of hydrogen-bond acceptors (Lipinski definition) is 7. The lowest BCUT2D eigenvalue weighted by Gasteiger charge is -2.26. The fraction of sp³-hybridized carbons (Fsp3) is 0.682. The minimum absolute atomic E-state index is 0.0697. The molecule has 1 rings (SSSR count). The molecule has 12 heteroatoms. The predicted molar refractivity (Wildman–Crippen MR) is 131 cm³/mol. The van der Waals surface area contributed by atoms with Crippen molar-refractivity contribution in [3.05, 3.63) is 18.2 Å². The second-order valence-electron chi connectivity index (χ2n) is 8.98. The molecule has 7 N–H and O–H groups in total. The molecule has 4 atom stereocenters. The van der Waals surface area contributed by atoms with Crippen LogP contribution in [-0.4, -0.2) is 74.9 Å². The van der Waals surface area contributed by atoms with Gasteiger partial charge in [0.15, 0.2) is 0 Å². The molecular formula is C22H38N6O5S. The van der Waals surface area contributed by atoms with Crippen molar-refractivity contribution in [3.63, 3.8) is 0 Å². The van der Waals surface area contributed by atoms with E-state index >= 15 is 0 Å². The van der Waals surface area contributed by atoms with Gasteiger partial charge in [-0.3, -0.25) is 14.4 Å². The van der Waals surface area contributed by atoms with E-state index in [1.807, 2.05) is 34.0 Å². The highest BCUT2D eigenvalue weighted by molar-refractivity contribution is 7.98. The molecule has 1 aromatic rings. The van der Waals surface area contributed by atoms with E-state index < -0.39 is 47.9 Å². The summed E-state index contributed by atoms with van der Waals surface area (Å²) < 4.78 is 0.